The van der Waals surface area contributed by atoms with Crippen LogP contribution in [0.2, 0.25) is 0 Å². The highest BCUT2D eigenvalue weighted by Crippen LogP contribution is 2.28. The summed E-state index contributed by atoms with van der Waals surface area (Å²) in [7, 11) is 1.19. The van der Waals surface area contributed by atoms with E-state index in [0.717, 1.165) is 0 Å². The number of nitrogens with one attached hydrogen (secondary N) is 2. The van der Waals surface area contributed by atoms with Crippen molar-refractivity contribution in [1.82, 2.24) is 10.0 Å². The Bertz CT molecular complexity index is 325. The van der Waals surface area contributed by atoms with E-state index in [1.165, 1.54) is 19.1 Å². The van der Waals surface area contributed by atoms with Crippen LogP contribution in [0.3, 0.4) is 0 Å². The second-order valence-corrected chi connectivity index (χ2v) is 4.47. The van der Waals surface area contributed by atoms with Crippen LogP contribution in [0, 0.1) is 0 Å². The zero-order valence-electron chi connectivity index (χ0n) is 8.40. The Kier molecular flexibility index (Phi) is 4.60. The van der Waals surface area contributed by atoms with Crippen LogP contribution in [-0.4, -0.2) is 35.3 Å². The number of carboxylic acid groups (broad SMARTS) is 1. The van der Waals surface area contributed by atoms with Gasteiger partial charge in [-0.1, -0.05) is 23.5 Å². The van der Waals surface area contributed by atoms with Gasteiger partial charge >= 0.3 is 5.97 Å². The van der Waals surface area contributed by atoms with E-state index >= 15 is 0 Å². The molecule has 90 valence electrons. The average Bonchev–Trinajstić information content (AvgIpc) is 2.60. The van der Waals surface area contributed by atoms with Crippen LogP contribution >= 0.6 is 23.5 Å². The van der Waals surface area contributed by atoms with E-state index in [1.807, 2.05) is 0 Å². The van der Waals surface area contributed by atoms with E-state index in [0.29, 0.717) is 0 Å². The molecule has 0 aromatic rings. The molecule has 0 fully saturated rings. The van der Waals surface area contributed by atoms with E-state index in [-0.39, 0.29) is 6.42 Å². The maximum Gasteiger partial charge on any atom is 0.354 e. The fourth-order valence-corrected chi connectivity index (χ4v) is 2.15. The van der Waals surface area contributed by atoms with Gasteiger partial charge in [0, 0.05) is 7.11 Å². The summed E-state index contributed by atoms with van der Waals surface area (Å²) in [5.74, 6) is -1.77. The minimum atomic E-state index is -1.36. The SMILES string of the molecule is COC(NC(=O)CC1(Cl)C=CSN1)C(=O)O. The van der Waals surface area contributed by atoms with Gasteiger partial charge in [0.15, 0.2) is 0 Å². The molecule has 1 heterocycles. The molecule has 0 saturated carbocycles. The molecule has 1 aliphatic heterocycles. The van der Waals surface area contributed by atoms with Gasteiger partial charge in [0.25, 0.3) is 0 Å². The lowest BCUT2D eigenvalue weighted by molar-refractivity contribution is -0.153. The topological polar surface area (TPSA) is 87.7 Å². The molecule has 1 rings (SSSR count). The molecule has 0 saturated heterocycles. The smallest absolute Gasteiger partial charge is 0.354 e. The maximum absolute atomic E-state index is 11.5. The normalized spacial score (nSPS) is 25.4. The molecule has 0 radical (unpaired) electrons. The standard InChI is InChI=1S/C8H11ClN2O4S/c1-15-6(7(13)14)10-5(12)4-8(9)2-3-16-11-8/h2-3,6,11H,4H2,1H3,(H,10,12)(H,13,14). The Balaban J connectivity index is 2.46. The van der Waals surface area contributed by atoms with Crippen molar-refractivity contribution >= 4 is 35.4 Å². The summed E-state index contributed by atoms with van der Waals surface area (Å²) in [5, 5.41) is 12.5. The highest BCUT2D eigenvalue weighted by atomic mass is 35.5. The number of carbonyl (C=O) groups excluding carboxylic acids is 1. The molecule has 3 N–H and O–H groups in total. The summed E-state index contributed by atoms with van der Waals surface area (Å²) in [6.45, 7) is 0. The van der Waals surface area contributed by atoms with Crippen LogP contribution in [0.15, 0.2) is 11.5 Å². The van der Waals surface area contributed by atoms with Gasteiger partial charge in [0.2, 0.25) is 12.1 Å². The van der Waals surface area contributed by atoms with Gasteiger partial charge in [-0.25, -0.2) is 9.52 Å². The number of ether oxygens (including phenoxy) is 1. The van der Waals surface area contributed by atoms with Gasteiger partial charge in [-0.3, -0.25) is 4.79 Å². The summed E-state index contributed by atoms with van der Waals surface area (Å²) >= 11 is 7.27. The molecule has 0 aromatic heterocycles. The summed E-state index contributed by atoms with van der Waals surface area (Å²) in [5.41, 5.74) is 0. The van der Waals surface area contributed by atoms with E-state index in [4.69, 9.17) is 16.7 Å². The minimum absolute atomic E-state index is 0.0782. The summed E-state index contributed by atoms with van der Waals surface area (Å²) < 4.78 is 7.37. The van der Waals surface area contributed by atoms with Crippen LogP contribution in [-0.2, 0) is 14.3 Å². The zero-order valence-corrected chi connectivity index (χ0v) is 9.97. The molecule has 0 bridgehead atoms. The van der Waals surface area contributed by atoms with Crippen molar-refractivity contribution in [1.29, 1.82) is 0 Å². The second-order valence-electron chi connectivity index (χ2n) is 3.08. The van der Waals surface area contributed by atoms with Crippen molar-refractivity contribution in [3.63, 3.8) is 0 Å². The Morgan fingerprint density at radius 3 is 2.88 bits per heavy atom. The first-order valence-corrected chi connectivity index (χ1v) is 5.57. The molecule has 0 spiro atoms. The number of aliphatic carboxylic acids is 1. The lowest BCUT2D eigenvalue weighted by Crippen LogP contribution is -2.45. The van der Waals surface area contributed by atoms with Gasteiger partial charge in [-0.2, -0.15) is 0 Å². The molecule has 1 amide bonds. The lowest BCUT2D eigenvalue weighted by Gasteiger charge is -2.20. The molecule has 2 atom stereocenters. The number of hydrogen-bond acceptors (Lipinski definition) is 5. The molecule has 2 unspecified atom stereocenters. The minimum Gasteiger partial charge on any atom is -0.478 e. The fourth-order valence-electron chi connectivity index (χ4n) is 1.06. The zero-order chi connectivity index (χ0) is 12.2. The third-order valence-electron chi connectivity index (χ3n) is 1.80. The van der Waals surface area contributed by atoms with Crippen LogP contribution < -0.4 is 10.0 Å². The molecule has 0 aliphatic carbocycles. The van der Waals surface area contributed by atoms with Gasteiger partial charge in [-0.15, -0.1) is 0 Å². The van der Waals surface area contributed by atoms with Gasteiger partial charge in [0.1, 0.15) is 5.00 Å². The first-order valence-electron chi connectivity index (χ1n) is 4.31. The van der Waals surface area contributed by atoms with Crippen molar-refractivity contribution in [3.05, 3.63) is 11.5 Å². The molecule has 1 aliphatic rings. The number of alkyl halides is 1. The third-order valence-corrected chi connectivity index (χ3v) is 3.02. The van der Waals surface area contributed by atoms with Crippen molar-refractivity contribution < 1.29 is 19.4 Å². The molecular weight excluding hydrogens is 256 g/mol. The summed E-state index contributed by atoms with van der Waals surface area (Å²) in [6.07, 6.45) is 0.192. The first kappa shape index (κ1) is 13.3. The predicted molar refractivity (Wildman–Crippen MR) is 59.6 cm³/mol. The third kappa shape index (κ3) is 3.67. The first-order chi connectivity index (χ1) is 7.47. The van der Waals surface area contributed by atoms with E-state index in [1.54, 1.807) is 11.5 Å². The fraction of sp³-hybridized carbons (Fsp3) is 0.500. The highest BCUT2D eigenvalue weighted by molar-refractivity contribution is 8.00. The molecule has 0 aromatic carbocycles. The van der Waals surface area contributed by atoms with E-state index < -0.39 is 23.1 Å². The van der Waals surface area contributed by atoms with E-state index in [2.05, 4.69) is 14.8 Å². The number of halogens is 1. The van der Waals surface area contributed by atoms with Gasteiger partial charge in [0.05, 0.1) is 6.42 Å². The van der Waals surface area contributed by atoms with Crippen molar-refractivity contribution in [2.45, 2.75) is 17.6 Å². The number of carbonyl (C=O) groups is 2. The largest absolute Gasteiger partial charge is 0.478 e. The molecule has 6 nitrogen and oxygen atoms in total. The van der Waals surface area contributed by atoms with Crippen LogP contribution in [0.25, 0.3) is 0 Å². The Hall–Kier alpha value is -0.760. The van der Waals surface area contributed by atoms with Crippen LogP contribution in [0.4, 0.5) is 0 Å². The Labute approximate surface area is 101 Å². The Morgan fingerprint density at radius 2 is 2.44 bits per heavy atom. The summed E-state index contributed by atoms with van der Waals surface area (Å²) in [4.78, 5) is 21.1. The average molecular weight is 267 g/mol. The number of carboxylic acids is 1. The molecule has 16 heavy (non-hydrogen) atoms. The van der Waals surface area contributed by atoms with Crippen molar-refractivity contribution in [3.8, 4) is 0 Å². The van der Waals surface area contributed by atoms with Crippen molar-refractivity contribution in [2.24, 2.45) is 0 Å². The Morgan fingerprint density at radius 1 is 1.75 bits per heavy atom. The maximum atomic E-state index is 11.5. The van der Waals surface area contributed by atoms with Gasteiger partial charge < -0.3 is 15.2 Å². The van der Waals surface area contributed by atoms with Crippen LogP contribution in [0.1, 0.15) is 6.42 Å². The number of methoxy groups -OCH3 is 1. The van der Waals surface area contributed by atoms with Crippen LogP contribution in [0.5, 0.6) is 0 Å². The number of rotatable bonds is 5. The quantitative estimate of drug-likeness (QED) is 0.286. The summed E-state index contributed by atoms with van der Waals surface area (Å²) in [6, 6.07) is 0. The molecule has 8 heteroatoms. The number of amides is 1. The monoisotopic (exact) mass is 266 g/mol. The highest BCUT2D eigenvalue weighted by Gasteiger charge is 2.31. The van der Waals surface area contributed by atoms with E-state index in [9.17, 15) is 9.59 Å². The number of hydrogen-bond donors (Lipinski definition) is 3. The molecular formula is C8H11ClN2O4S. The second kappa shape index (κ2) is 5.53. The lowest BCUT2D eigenvalue weighted by atomic mass is 10.2. The predicted octanol–water partition coefficient (Wildman–Crippen LogP) is 0.250. The van der Waals surface area contributed by atoms with Crippen molar-refractivity contribution in [2.75, 3.05) is 7.11 Å². The van der Waals surface area contributed by atoms with Gasteiger partial charge in [-0.05, 0) is 11.5 Å².